The van der Waals surface area contributed by atoms with Gasteiger partial charge in [0.1, 0.15) is 18.3 Å². The Balaban J connectivity index is 2.52. The molecule has 0 saturated carbocycles. The third-order valence-electron chi connectivity index (χ3n) is 2.06. The topological polar surface area (TPSA) is 46.5 Å². The van der Waals surface area contributed by atoms with Crippen molar-refractivity contribution < 1.29 is 14.6 Å². The van der Waals surface area contributed by atoms with Crippen LogP contribution in [0, 0.1) is 0 Å². The zero-order chi connectivity index (χ0) is 9.42. The van der Waals surface area contributed by atoms with Crippen LogP contribution in [0.4, 0.5) is 0 Å². The van der Waals surface area contributed by atoms with Gasteiger partial charge in [-0.1, -0.05) is 22.0 Å². The van der Waals surface area contributed by atoms with Crippen LogP contribution in [0.5, 0.6) is 5.75 Å². The highest BCUT2D eigenvalue weighted by Crippen LogP contribution is 2.38. The van der Waals surface area contributed by atoms with Gasteiger partial charge < -0.3 is 9.84 Å². The first-order valence-electron chi connectivity index (χ1n) is 3.84. The lowest BCUT2D eigenvalue weighted by molar-refractivity contribution is -0.139. The Morgan fingerprint density at radius 1 is 1.62 bits per heavy atom. The van der Waals surface area contributed by atoms with E-state index in [1.54, 1.807) is 6.07 Å². The molecule has 1 aromatic carbocycles. The first kappa shape index (κ1) is 8.56. The van der Waals surface area contributed by atoms with Crippen molar-refractivity contribution in [3.05, 3.63) is 28.2 Å². The number of ether oxygens (including phenoxy) is 1. The van der Waals surface area contributed by atoms with E-state index in [-0.39, 0.29) is 6.61 Å². The summed E-state index contributed by atoms with van der Waals surface area (Å²) in [5.74, 6) is -0.710. The second-order valence-corrected chi connectivity index (χ2v) is 3.71. The van der Waals surface area contributed by atoms with E-state index < -0.39 is 11.9 Å². The van der Waals surface area contributed by atoms with E-state index in [1.165, 1.54) is 0 Å². The molecular weight excluding hydrogens is 236 g/mol. The molecule has 4 heteroatoms. The minimum atomic E-state index is -0.842. The van der Waals surface area contributed by atoms with Crippen LogP contribution in [-0.2, 0) is 4.79 Å². The molecule has 1 aromatic rings. The zero-order valence-corrected chi connectivity index (χ0v) is 8.24. The molecule has 3 nitrogen and oxygen atoms in total. The molecule has 1 aliphatic rings. The van der Waals surface area contributed by atoms with E-state index in [4.69, 9.17) is 9.84 Å². The molecule has 68 valence electrons. The van der Waals surface area contributed by atoms with Gasteiger partial charge >= 0.3 is 5.97 Å². The Morgan fingerprint density at radius 2 is 2.38 bits per heavy atom. The van der Waals surface area contributed by atoms with Crippen molar-refractivity contribution in [3.8, 4) is 5.75 Å². The summed E-state index contributed by atoms with van der Waals surface area (Å²) in [4.78, 5) is 10.8. The standard InChI is InChI=1S/C9H7BrO3/c10-6-2-1-3-7-8(6)5(4-13-7)9(11)12/h1-3,5H,4H2,(H,11,12). The van der Waals surface area contributed by atoms with Crippen LogP contribution in [0.15, 0.2) is 22.7 Å². The van der Waals surface area contributed by atoms with Crippen LogP contribution in [-0.4, -0.2) is 17.7 Å². The smallest absolute Gasteiger partial charge is 0.314 e. The molecule has 0 radical (unpaired) electrons. The number of carboxylic acids is 1. The van der Waals surface area contributed by atoms with Crippen molar-refractivity contribution >= 4 is 21.9 Å². The molecule has 1 aliphatic heterocycles. The summed E-state index contributed by atoms with van der Waals surface area (Å²) in [6.07, 6.45) is 0. The number of hydrogen-bond acceptors (Lipinski definition) is 2. The minimum absolute atomic E-state index is 0.229. The normalized spacial score (nSPS) is 19.3. The van der Waals surface area contributed by atoms with Crippen molar-refractivity contribution in [2.24, 2.45) is 0 Å². The van der Waals surface area contributed by atoms with Crippen molar-refractivity contribution in [1.82, 2.24) is 0 Å². The quantitative estimate of drug-likeness (QED) is 0.820. The van der Waals surface area contributed by atoms with Gasteiger partial charge in [-0.05, 0) is 12.1 Å². The van der Waals surface area contributed by atoms with Crippen molar-refractivity contribution in [1.29, 1.82) is 0 Å². The lowest BCUT2D eigenvalue weighted by atomic mass is 10.0. The maximum atomic E-state index is 10.8. The molecule has 0 amide bonds. The van der Waals surface area contributed by atoms with Crippen molar-refractivity contribution in [2.45, 2.75) is 5.92 Å². The Kier molecular flexibility index (Phi) is 2.00. The maximum Gasteiger partial charge on any atom is 0.314 e. The lowest BCUT2D eigenvalue weighted by Crippen LogP contribution is -2.12. The summed E-state index contributed by atoms with van der Waals surface area (Å²) in [5, 5.41) is 8.88. The maximum absolute atomic E-state index is 10.8. The van der Waals surface area contributed by atoms with Gasteiger partial charge in [-0.2, -0.15) is 0 Å². The molecular formula is C9H7BrO3. The van der Waals surface area contributed by atoms with E-state index in [2.05, 4.69) is 15.9 Å². The number of aliphatic carboxylic acids is 1. The van der Waals surface area contributed by atoms with E-state index in [1.807, 2.05) is 12.1 Å². The highest BCUT2D eigenvalue weighted by Gasteiger charge is 2.31. The van der Waals surface area contributed by atoms with Gasteiger partial charge in [-0.3, -0.25) is 4.79 Å². The average Bonchev–Trinajstić information content (AvgIpc) is 2.49. The Morgan fingerprint density at radius 3 is 3.08 bits per heavy atom. The van der Waals surface area contributed by atoms with Gasteiger partial charge in [-0.15, -0.1) is 0 Å². The number of benzene rings is 1. The number of hydrogen-bond donors (Lipinski definition) is 1. The average molecular weight is 243 g/mol. The number of carbonyl (C=O) groups is 1. The van der Waals surface area contributed by atoms with E-state index >= 15 is 0 Å². The van der Waals surface area contributed by atoms with Crippen LogP contribution in [0.25, 0.3) is 0 Å². The van der Waals surface area contributed by atoms with Crippen LogP contribution in [0.1, 0.15) is 11.5 Å². The number of carboxylic acid groups (broad SMARTS) is 1. The summed E-state index contributed by atoms with van der Waals surface area (Å²) in [7, 11) is 0. The highest BCUT2D eigenvalue weighted by atomic mass is 79.9. The molecule has 1 unspecified atom stereocenters. The van der Waals surface area contributed by atoms with E-state index in [0.29, 0.717) is 5.75 Å². The number of fused-ring (bicyclic) bond motifs is 1. The molecule has 2 rings (SSSR count). The van der Waals surface area contributed by atoms with Crippen LogP contribution in [0.2, 0.25) is 0 Å². The predicted octanol–water partition coefficient (Wildman–Crippen LogP) is 2.01. The predicted molar refractivity (Wildman–Crippen MR) is 50.0 cm³/mol. The van der Waals surface area contributed by atoms with E-state index in [0.717, 1.165) is 10.0 Å². The second kappa shape index (κ2) is 3.03. The van der Waals surface area contributed by atoms with Crippen LogP contribution in [0.3, 0.4) is 0 Å². The molecule has 13 heavy (non-hydrogen) atoms. The number of halogens is 1. The fourth-order valence-electron chi connectivity index (χ4n) is 1.43. The Labute approximate surface area is 83.5 Å². The Hall–Kier alpha value is -1.03. The first-order chi connectivity index (χ1) is 6.20. The molecule has 1 N–H and O–H groups in total. The van der Waals surface area contributed by atoms with Gasteiger partial charge in [0.25, 0.3) is 0 Å². The molecule has 0 aliphatic carbocycles. The minimum Gasteiger partial charge on any atom is -0.492 e. The zero-order valence-electron chi connectivity index (χ0n) is 6.66. The highest BCUT2D eigenvalue weighted by molar-refractivity contribution is 9.10. The van der Waals surface area contributed by atoms with Crippen molar-refractivity contribution in [2.75, 3.05) is 6.61 Å². The van der Waals surface area contributed by atoms with Gasteiger partial charge in [0, 0.05) is 10.0 Å². The molecule has 0 saturated heterocycles. The lowest BCUT2D eigenvalue weighted by Gasteiger charge is -2.03. The van der Waals surface area contributed by atoms with Crippen molar-refractivity contribution in [3.63, 3.8) is 0 Å². The first-order valence-corrected chi connectivity index (χ1v) is 4.63. The SMILES string of the molecule is O=C(O)C1COc2cccc(Br)c21. The molecule has 1 heterocycles. The molecule has 0 aromatic heterocycles. The monoisotopic (exact) mass is 242 g/mol. The number of rotatable bonds is 1. The van der Waals surface area contributed by atoms with Gasteiger partial charge in [-0.25, -0.2) is 0 Å². The fraction of sp³-hybridized carbons (Fsp3) is 0.222. The third kappa shape index (κ3) is 1.31. The largest absolute Gasteiger partial charge is 0.492 e. The molecule has 0 bridgehead atoms. The van der Waals surface area contributed by atoms with Gasteiger partial charge in [0.15, 0.2) is 0 Å². The molecule has 0 fully saturated rings. The summed E-state index contributed by atoms with van der Waals surface area (Å²) in [6, 6.07) is 5.43. The summed E-state index contributed by atoms with van der Waals surface area (Å²) >= 11 is 3.31. The van der Waals surface area contributed by atoms with Gasteiger partial charge in [0.05, 0.1) is 0 Å². The fourth-order valence-corrected chi connectivity index (χ4v) is 2.06. The Bertz CT molecular complexity index is 362. The second-order valence-electron chi connectivity index (χ2n) is 2.85. The molecule has 1 atom stereocenters. The van der Waals surface area contributed by atoms with Crippen LogP contribution >= 0.6 is 15.9 Å². The molecule has 0 spiro atoms. The van der Waals surface area contributed by atoms with E-state index in [9.17, 15) is 4.79 Å². The van der Waals surface area contributed by atoms with Gasteiger partial charge in [0.2, 0.25) is 0 Å². The summed E-state index contributed by atoms with van der Waals surface area (Å²) in [6.45, 7) is 0.229. The van der Waals surface area contributed by atoms with Crippen LogP contribution < -0.4 is 4.74 Å². The summed E-state index contributed by atoms with van der Waals surface area (Å²) in [5.41, 5.74) is 0.745. The third-order valence-corrected chi connectivity index (χ3v) is 2.76. The summed E-state index contributed by atoms with van der Waals surface area (Å²) < 4.78 is 6.04.